The molecule has 0 bridgehead atoms. The highest BCUT2D eigenvalue weighted by Gasteiger charge is 2.21. The molecule has 1 aliphatic heterocycles. The highest BCUT2D eigenvalue weighted by molar-refractivity contribution is 7.13. The quantitative estimate of drug-likeness (QED) is 0.648. The molecular weight excluding hydrogens is 417 g/mol. The lowest BCUT2D eigenvalue weighted by Gasteiger charge is -2.23. The molecule has 0 aliphatic carbocycles. The van der Waals surface area contributed by atoms with Gasteiger partial charge in [-0.2, -0.15) is 5.10 Å². The van der Waals surface area contributed by atoms with Crippen LogP contribution in [-0.2, 0) is 7.05 Å². The van der Waals surface area contributed by atoms with Gasteiger partial charge in [0.2, 0.25) is 0 Å². The lowest BCUT2D eigenvalue weighted by molar-refractivity contribution is 0.0946. The predicted molar refractivity (Wildman–Crippen MR) is 119 cm³/mol. The fourth-order valence-electron chi connectivity index (χ4n) is 3.60. The van der Waals surface area contributed by atoms with Gasteiger partial charge in [-0.05, 0) is 56.3 Å². The Bertz CT molecular complexity index is 936. The summed E-state index contributed by atoms with van der Waals surface area (Å²) in [5.41, 5.74) is 3.06. The summed E-state index contributed by atoms with van der Waals surface area (Å²) < 4.78 is 1.75. The molecule has 4 heterocycles. The van der Waals surface area contributed by atoms with E-state index in [4.69, 9.17) is 4.98 Å². The minimum atomic E-state index is -0.0446. The van der Waals surface area contributed by atoms with E-state index in [0.29, 0.717) is 18.0 Å². The zero-order valence-corrected chi connectivity index (χ0v) is 18.3. The first kappa shape index (κ1) is 22.6. The van der Waals surface area contributed by atoms with Crippen LogP contribution in [0.25, 0.3) is 21.6 Å². The van der Waals surface area contributed by atoms with Crippen LogP contribution in [-0.4, -0.2) is 40.3 Å². The van der Waals surface area contributed by atoms with Crippen LogP contribution in [0.15, 0.2) is 23.6 Å². The van der Waals surface area contributed by atoms with Gasteiger partial charge >= 0.3 is 0 Å². The van der Waals surface area contributed by atoms with Gasteiger partial charge in [0.15, 0.2) is 5.65 Å². The summed E-state index contributed by atoms with van der Waals surface area (Å²) in [4.78, 5) is 18.8. The molecule has 152 valence electrons. The standard InChI is InChI=1S/C19H23N5OS.2ClH/c1-12-17-14(19(25)21-11-13-5-3-7-20-10-13)9-15(16-6-4-8-26-16)22-18(17)24(2)23-12;;/h4,6,8-9,13,20H,3,5,7,10-11H2,1-2H3,(H,21,25);2*1H. The minimum Gasteiger partial charge on any atom is -0.352 e. The monoisotopic (exact) mass is 441 g/mol. The third kappa shape index (κ3) is 4.49. The number of fused-ring (bicyclic) bond motifs is 1. The third-order valence-corrected chi connectivity index (χ3v) is 5.83. The fourth-order valence-corrected chi connectivity index (χ4v) is 4.29. The number of pyridine rings is 1. The maximum absolute atomic E-state index is 13.0. The van der Waals surface area contributed by atoms with Crippen molar-refractivity contribution in [3.63, 3.8) is 0 Å². The molecule has 9 heteroatoms. The highest BCUT2D eigenvalue weighted by Crippen LogP contribution is 2.29. The molecule has 1 atom stereocenters. The van der Waals surface area contributed by atoms with Gasteiger partial charge in [0.05, 0.1) is 27.2 Å². The van der Waals surface area contributed by atoms with Crippen molar-refractivity contribution in [2.24, 2.45) is 13.0 Å². The second kappa shape index (κ2) is 9.69. The van der Waals surface area contributed by atoms with E-state index < -0.39 is 0 Å². The number of nitrogens with one attached hydrogen (secondary N) is 2. The SMILES string of the molecule is Cc1nn(C)c2nc(-c3cccs3)cc(C(=O)NCC3CCCNC3)c12.Cl.Cl. The molecule has 3 aromatic rings. The molecule has 28 heavy (non-hydrogen) atoms. The van der Waals surface area contributed by atoms with Crippen molar-refractivity contribution in [1.82, 2.24) is 25.4 Å². The zero-order chi connectivity index (χ0) is 18.1. The van der Waals surface area contributed by atoms with Crippen LogP contribution in [0, 0.1) is 12.8 Å². The molecule has 3 aromatic heterocycles. The van der Waals surface area contributed by atoms with Gasteiger partial charge in [0, 0.05) is 13.6 Å². The third-order valence-electron chi connectivity index (χ3n) is 4.94. The summed E-state index contributed by atoms with van der Waals surface area (Å²) in [5, 5.41) is 13.9. The van der Waals surface area contributed by atoms with Crippen molar-refractivity contribution in [1.29, 1.82) is 0 Å². The van der Waals surface area contributed by atoms with Crippen molar-refractivity contribution < 1.29 is 4.79 Å². The molecule has 1 amide bonds. The normalized spacial score (nSPS) is 16.3. The summed E-state index contributed by atoms with van der Waals surface area (Å²) in [6.07, 6.45) is 2.33. The van der Waals surface area contributed by atoms with E-state index >= 15 is 0 Å². The van der Waals surface area contributed by atoms with Crippen molar-refractivity contribution in [2.75, 3.05) is 19.6 Å². The van der Waals surface area contributed by atoms with Gasteiger partial charge in [-0.1, -0.05) is 6.07 Å². The number of amides is 1. The Morgan fingerprint density at radius 2 is 2.25 bits per heavy atom. The molecule has 0 saturated carbocycles. The Balaban J connectivity index is 0.00000140. The van der Waals surface area contributed by atoms with Gasteiger partial charge in [-0.3, -0.25) is 9.48 Å². The number of piperidine rings is 1. The largest absolute Gasteiger partial charge is 0.352 e. The lowest BCUT2D eigenvalue weighted by atomic mass is 9.99. The molecule has 1 saturated heterocycles. The zero-order valence-electron chi connectivity index (χ0n) is 15.9. The van der Waals surface area contributed by atoms with Gasteiger partial charge in [0.25, 0.3) is 5.91 Å². The van der Waals surface area contributed by atoms with Crippen LogP contribution >= 0.6 is 36.2 Å². The second-order valence-corrected chi connectivity index (χ2v) is 7.81. The van der Waals surface area contributed by atoms with Crippen molar-refractivity contribution in [2.45, 2.75) is 19.8 Å². The molecule has 0 spiro atoms. The summed E-state index contributed by atoms with van der Waals surface area (Å²) in [5.74, 6) is 0.452. The van der Waals surface area contributed by atoms with E-state index in [1.807, 2.05) is 37.6 Å². The first-order valence-electron chi connectivity index (χ1n) is 9.00. The average Bonchev–Trinajstić information content (AvgIpc) is 3.29. The van der Waals surface area contributed by atoms with E-state index in [-0.39, 0.29) is 30.7 Å². The Morgan fingerprint density at radius 1 is 1.43 bits per heavy atom. The van der Waals surface area contributed by atoms with E-state index in [9.17, 15) is 4.79 Å². The maximum atomic E-state index is 13.0. The number of rotatable bonds is 4. The molecule has 0 aromatic carbocycles. The van der Waals surface area contributed by atoms with E-state index in [1.165, 1.54) is 6.42 Å². The minimum absolute atomic E-state index is 0. The maximum Gasteiger partial charge on any atom is 0.252 e. The Hall–Kier alpha value is -1.67. The fraction of sp³-hybridized carbons (Fsp3) is 0.421. The van der Waals surface area contributed by atoms with Crippen LogP contribution in [0.4, 0.5) is 0 Å². The molecule has 1 fully saturated rings. The summed E-state index contributed by atoms with van der Waals surface area (Å²) in [7, 11) is 1.87. The smallest absolute Gasteiger partial charge is 0.252 e. The number of aryl methyl sites for hydroxylation is 2. The van der Waals surface area contributed by atoms with E-state index in [2.05, 4.69) is 15.7 Å². The van der Waals surface area contributed by atoms with Gasteiger partial charge in [0.1, 0.15) is 0 Å². The van der Waals surface area contributed by atoms with Crippen LogP contribution in [0.5, 0.6) is 0 Å². The molecule has 0 radical (unpaired) electrons. The Morgan fingerprint density at radius 3 is 2.93 bits per heavy atom. The summed E-state index contributed by atoms with van der Waals surface area (Å²) in [6.45, 7) is 4.67. The number of hydrogen-bond acceptors (Lipinski definition) is 5. The molecular formula is C19H25Cl2N5OS. The first-order valence-corrected chi connectivity index (χ1v) is 9.88. The topological polar surface area (TPSA) is 71.8 Å². The second-order valence-electron chi connectivity index (χ2n) is 6.86. The van der Waals surface area contributed by atoms with Crippen LogP contribution < -0.4 is 10.6 Å². The first-order chi connectivity index (χ1) is 12.6. The number of aromatic nitrogens is 3. The van der Waals surface area contributed by atoms with Crippen LogP contribution in [0.3, 0.4) is 0 Å². The summed E-state index contributed by atoms with van der Waals surface area (Å²) in [6, 6.07) is 5.92. The Labute approximate surface area is 180 Å². The van der Waals surface area contributed by atoms with E-state index in [0.717, 1.165) is 46.8 Å². The predicted octanol–water partition coefficient (Wildman–Crippen LogP) is 3.58. The molecule has 6 nitrogen and oxygen atoms in total. The van der Waals surface area contributed by atoms with E-state index in [1.54, 1.807) is 16.0 Å². The van der Waals surface area contributed by atoms with Crippen LogP contribution in [0.2, 0.25) is 0 Å². The molecule has 4 rings (SSSR count). The average molecular weight is 442 g/mol. The number of thiophene rings is 1. The van der Waals surface area contributed by atoms with Crippen LogP contribution in [0.1, 0.15) is 28.9 Å². The highest BCUT2D eigenvalue weighted by atomic mass is 35.5. The number of nitrogens with zero attached hydrogens (tertiary/aromatic N) is 3. The van der Waals surface area contributed by atoms with Crippen molar-refractivity contribution >= 4 is 53.1 Å². The van der Waals surface area contributed by atoms with Gasteiger partial charge in [-0.25, -0.2) is 4.98 Å². The molecule has 1 aliphatic rings. The van der Waals surface area contributed by atoms with Gasteiger partial charge in [-0.15, -0.1) is 36.2 Å². The molecule has 1 unspecified atom stereocenters. The number of halogens is 2. The molecule has 2 N–H and O–H groups in total. The van der Waals surface area contributed by atoms with Crippen molar-refractivity contribution in [3.8, 4) is 10.6 Å². The van der Waals surface area contributed by atoms with Gasteiger partial charge < -0.3 is 10.6 Å². The number of carbonyl (C=O) groups excluding carboxylic acids is 1. The summed E-state index contributed by atoms with van der Waals surface area (Å²) >= 11 is 1.62. The van der Waals surface area contributed by atoms with Crippen molar-refractivity contribution in [3.05, 3.63) is 34.8 Å². The number of hydrogen-bond donors (Lipinski definition) is 2. The Kier molecular flexibility index (Phi) is 7.83. The lowest BCUT2D eigenvalue weighted by Crippen LogP contribution is -2.38. The number of carbonyl (C=O) groups is 1.